The molecule has 178 valence electrons. The van der Waals surface area contributed by atoms with Gasteiger partial charge in [0.25, 0.3) is 5.56 Å². The Morgan fingerprint density at radius 1 is 1.00 bits per heavy atom. The molecule has 4 aromatic rings. The number of methoxy groups -OCH3 is 1. The molecule has 0 bridgehead atoms. The van der Waals surface area contributed by atoms with Crippen molar-refractivity contribution in [1.29, 1.82) is 0 Å². The molecule has 3 aromatic carbocycles. The average Bonchev–Trinajstić information content (AvgIpc) is 2.88. The normalized spacial score (nSPS) is 11.0. The monoisotopic (exact) mass is 469 g/mol. The zero-order chi connectivity index (χ0) is 24.6. The first kappa shape index (κ1) is 23.8. The van der Waals surface area contributed by atoms with Gasteiger partial charge >= 0.3 is 0 Å². The lowest BCUT2D eigenvalue weighted by atomic mass is 10.1. The highest BCUT2D eigenvalue weighted by molar-refractivity contribution is 5.91. The molecule has 1 heterocycles. The van der Waals surface area contributed by atoms with Gasteiger partial charge in [-0.1, -0.05) is 48.5 Å². The highest BCUT2D eigenvalue weighted by Crippen LogP contribution is 2.28. The Hall–Kier alpha value is -4.39. The van der Waals surface area contributed by atoms with E-state index in [1.54, 1.807) is 36.3 Å². The van der Waals surface area contributed by atoms with Crippen molar-refractivity contribution >= 4 is 22.9 Å². The number of benzene rings is 3. The van der Waals surface area contributed by atoms with Crippen LogP contribution in [0.2, 0.25) is 0 Å². The van der Waals surface area contributed by atoms with Crippen molar-refractivity contribution in [2.45, 2.75) is 20.0 Å². The fourth-order valence-electron chi connectivity index (χ4n) is 3.74. The summed E-state index contributed by atoms with van der Waals surface area (Å²) >= 11 is 0. The summed E-state index contributed by atoms with van der Waals surface area (Å²) in [5.41, 5.74) is 2.14. The van der Waals surface area contributed by atoms with E-state index >= 15 is 0 Å². The van der Waals surface area contributed by atoms with Gasteiger partial charge in [-0.05, 0) is 48.4 Å². The van der Waals surface area contributed by atoms with E-state index < -0.39 is 0 Å². The maximum atomic E-state index is 13.3. The third-order valence-corrected chi connectivity index (χ3v) is 5.44. The van der Waals surface area contributed by atoms with E-state index in [0.29, 0.717) is 41.4 Å². The number of carbonyl (C=O) groups excluding carboxylic acids is 1. The van der Waals surface area contributed by atoms with Crippen LogP contribution in [0.25, 0.3) is 17.0 Å². The molecule has 0 aliphatic heterocycles. The van der Waals surface area contributed by atoms with Crippen LogP contribution in [0.1, 0.15) is 23.9 Å². The summed E-state index contributed by atoms with van der Waals surface area (Å²) in [4.78, 5) is 34.8. The minimum atomic E-state index is -0.227. The maximum absolute atomic E-state index is 13.3. The van der Waals surface area contributed by atoms with Gasteiger partial charge in [-0.25, -0.2) is 4.98 Å². The van der Waals surface area contributed by atoms with Crippen molar-refractivity contribution in [1.82, 2.24) is 14.9 Å². The third kappa shape index (κ3) is 5.95. The van der Waals surface area contributed by atoms with Gasteiger partial charge in [-0.15, -0.1) is 0 Å². The van der Waals surface area contributed by atoms with Crippen molar-refractivity contribution in [2.75, 3.05) is 13.7 Å². The largest absolute Gasteiger partial charge is 0.493 e. The summed E-state index contributed by atoms with van der Waals surface area (Å²) in [6.07, 6.45) is 3.24. The molecule has 35 heavy (non-hydrogen) atoms. The predicted molar refractivity (Wildman–Crippen MR) is 136 cm³/mol. The van der Waals surface area contributed by atoms with Crippen molar-refractivity contribution in [3.8, 4) is 11.5 Å². The molecular weight excluding hydrogens is 442 g/mol. The number of hydrogen-bond donors (Lipinski definition) is 1. The quantitative estimate of drug-likeness (QED) is 0.363. The van der Waals surface area contributed by atoms with E-state index in [1.165, 1.54) is 6.08 Å². The van der Waals surface area contributed by atoms with Gasteiger partial charge in [0, 0.05) is 12.6 Å². The summed E-state index contributed by atoms with van der Waals surface area (Å²) in [6.45, 7) is 2.96. The van der Waals surface area contributed by atoms with E-state index in [4.69, 9.17) is 9.47 Å². The molecule has 0 fully saturated rings. The fraction of sp³-hybridized carbons (Fsp3) is 0.179. The standard InChI is InChI=1S/C28H27N3O4/c1-3-35-24-15-13-20(17-25(24)34-2)14-16-27(32)31(18-21-9-5-4-6-10-21)19-26-29-23-12-8-7-11-22(23)28(33)30-26/h4-17H,3,18-19H2,1-2H3,(H,29,30,33). The molecule has 7 nitrogen and oxygen atoms in total. The van der Waals surface area contributed by atoms with Crippen molar-refractivity contribution in [3.05, 3.63) is 106 Å². The molecule has 0 unspecified atom stereocenters. The number of carbonyl (C=O) groups is 1. The minimum Gasteiger partial charge on any atom is -0.493 e. The molecule has 1 aromatic heterocycles. The molecule has 4 rings (SSSR count). The molecule has 0 aliphatic carbocycles. The lowest BCUT2D eigenvalue weighted by Gasteiger charge is -2.21. The first-order chi connectivity index (χ1) is 17.1. The van der Waals surface area contributed by atoms with Crippen LogP contribution in [0.4, 0.5) is 0 Å². The second-order valence-electron chi connectivity index (χ2n) is 7.89. The van der Waals surface area contributed by atoms with Crippen LogP contribution < -0.4 is 15.0 Å². The summed E-state index contributed by atoms with van der Waals surface area (Å²) in [7, 11) is 1.58. The van der Waals surface area contributed by atoms with Crippen LogP contribution in [0.15, 0.2) is 83.7 Å². The summed E-state index contributed by atoms with van der Waals surface area (Å²) < 4.78 is 11.0. The molecule has 0 aliphatic rings. The van der Waals surface area contributed by atoms with Gasteiger partial charge in [0.1, 0.15) is 5.82 Å². The first-order valence-corrected chi connectivity index (χ1v) is 11.4. The van der Waals surface area contributed by atoms with Gasteiger partial charge in [0.15, 0.2) is 11.5 Å². The topological polar surface area (TPSA) is 84.5 Å². The Morgan fingerprint density at radius 3 is 2.54 bits per heavy atom. The SMILES string of the molecule is CCOc1ccc(C=CC(=O)N(Cc2ccccc2)Cc2nc3ccccc3c(=O)[nH]2)cc1OC. The smallest absolute Gasteiger partial charge is 0.258 e. The molecular formula is C28H27N3O4. The van der Waals surface area contributed by atoms with E-state index in [-0.39, 0.29) is 18.0 Å². The number of H-pyrrole nitrogens is 1. The minimum absolute atomic E-state index is 0.157. The van der Waals surface area contributed by atoms with Crippen molar-refractivity contribution in [2.24, 2.45) is 0 Å². The molecule has 0 radical (unpaired) electrons. The molecule has 0 atom stereocenters. The summed E-state index contributed by atoms with van der Waals surface area (Å²) in [6, 6.07) is 22.3. The van der Waals surface area contributed by atoms with Gasteiger partial charge < -0.3 is 19.4 Å². The lowest BCUT2D eigenvalue weighted by Crippen LogP contribution is -2.30. The van der Waals surface area contributed by atoms with Crippen LogP contribution in [0.5, 0.6) is 11.5 Å². The fourth-order valence-corrected chi connectivity index (χ4v) is 3.74. The van der Waals surface area contributed by atoms with Crippen LogP contribution in [0, 0.1) is 0 Å². The number of amides is 1. The number of hydrogen-bond acceptors (Lipinski definition) is 5. The van der Waals surface area contributed by atoms with Gasteiger partial charge in [-0.2, -0.15) is 0 Å². The number of nitrogens with zero attached hydrogens (tertiary/aromatic N) is 2. The zero-order valence-electron chi connectivity index (χ0n) is 19.7. The highest BCUT2D eigenvalue weighted by Gasteiger charge is 2.15. The molecule has 1 amide bonds. The summed E-state index contributed by atoms with van der Waals surface area (Å²) in [5, 5.41) is 0.515. The van der Waals surface area contributed by atoms with Gasteiger partial charge in [0.05, 0.1) is 31.2 Å². The number of para-hydroxylation sites is 1. The van der Waals surface area contributed by atoms with Gasteiger partial charge in [-0.3, -0.25) is 9.59 Å². The Morgan fingerprint density at radius 2 is 1.77 bits per heavy atom. The van der Waals surface area contributed by atoms with Crippen LogP contribution in [0.3, 0.4) is 0 Å². The van der Waals surface area contributed by atoms with Crippen LogP contribution >= 0.6 is 0 Å². The number of aromatic amines is 1. The molecule has 1 N–H and O–H groups in total. The Balaban J connectivity index is 1.60. The van der Waals surface area contributed by atoms with Crippen molar-refractivity contribution in [3.63, 3.8) is 0 Å². The van der Waals surface area contributed by atoms with E-state index in [9.17, 15) is 9.59 Å². The number of rotatable bonds is 9. The Bertz CT molecular complexity index is 1400. The number of nitrogens with one attached hydrogen (secondary N) is 1. The number of fused-ring (bicyclic) bond motifs is 1. The van der Waals surface area contributed by atoms with Gasteiger partial charge in [0.2, 0.25) is 5.91 Å². The van der Waals surface area contributed by atoms with Crippen molar-refractivity contribution < 1.29 is 14.3 Å². The Labute approximate surface area is 203 Å². The summed E-state index contributed by atoms with van der Waals surface area (Å²) in [5.74, 6) is 1.46. The van der Waals surface area contributed by atoms with E-state index in [0.717, 1.165) is 11.1 Å². The third-order valence-electron chi connectivity index (χ3n) is 5.44. The highest BCUT2D eigenvalue weighted by atomic mass is 16.5. The molecule has 0 saturated heterocycles. The first-order valence-electron chi connectivity index (χ1n) is 11.4. The Kier molecular flexibility index (Phi) is 7.57. The maximum Gasteiger partial charge on any atom is 0.258 e. The second kappa shape index (κ2) is 11.2. The molecule has 0 saturated carbocycles. The van der Waals surface area contributed by atoms with E-state index in [1.807, 2.05) is 61.5 Å². The van der Waals surface area contributed by atoms with Crippen LogP contribution in [-0.4, -0.2) is 34.5 Å². The lowest BCUT2D eigenvalue weighted by molar-refractivity contribution is -0.127. The average molecular weight is 470 g/mol. The zero-order valence-corrected chi connectivity index (χ0v) is 19.7. The predicted octanol–water partition coefficient (Wildman–Crippen LogP) is 4.57. The molecule has 0 spiro atoms. The number of aromatic nitrogens is 2. The second-order valence-corrected chi connectivity index (χ2v) is 7.89. The number of ether oxygens (including phenoxy) is 2. The van der Waals surface area contributed by atoms with E-state index in [2.05, 4.69) is 9.97 Å². The van der Waals surface area contributed by atoms with Crippen LogP contribution in [-0.2, 0) is 17.9 Å². The molecule has 7 heteroatoms.